The van der Waals surface area contributed by atoms with E-state index in [1.165, 1.54) is 24.3 Å². The molecule has 0 aliphatic carbocycles. The van der Waals surface area contributed by atoms with Crippen LogP contribution < -0.4 is 10.2 Å². The first-order valence-electron chi connectivity index (χ1n) is 9.36. The first-order valence-corrected chi connectivity index (χ1v) is 9.36. The summed E-state index contributed by atoms with van der Waals surface area (Å²) < 4.78 is 37.6. The van der Waals surface area contributed by atoms with Crippen molar-refractivity contribution in [3.63, 3.8) is 0 Å². The summed E-state index contributed by atoms with van der Waals surface area (Å²) in [5, 5.41) is 2.63. The average molecular weight is 402 g/mol. The van der Waals surface area contributed by atoms with Gasteiger partial charge in [-0.15, -0.1) is 0 Å². The number of anilines is 1. The van der Waals surface area contributed by atoms with Crippen LogP contribution in [-0.4, -0.2) is 24.9 Å². The van der Waals surface area contributed by atoms with E-state index < -0.39 is 17.6 Å². The number of nitrogens with zero attached hydrogens (tertiary/aromatic N) is 1. The molecule has 0 saturated carbocycles. The number of carbonyl (C=O) groups is 2. The lowest BCUT2D eigenvalue weighted by atomic mass is 10.0. The second kappa shape index (κ2) is 8.94. The number of halogens is 3. The summed E-state index contributed by atoms with van der Waals surface area (Å²) in [6, 6.07) is 12.5. The third-order valence-corrected chi connectivity index (χ3v) is 4.75. The third kappa shape index (κ3) is 5.47. The lowest BCUT2D eigenvalue weighted by molar-refractivity contribution is -0.137. The maximum Gasteiger partial charge on any atom is 0.416 e. The van der Waals surface area contributed by atoms with Gasteiger partial charge in [0.05, 0.1) is 5.56 Å². The van der Waals surface area contributed by atoms with Crippen LogP contribution in [0.5, 0.6) is 0 Å². The molecule has 0 fully saturated rings. The van der Waals surface area contributed by atoms with E-state index in [2.05, 4.69) is 5.32 Å². The molecular weight excluding hydrogens is 381 g/mol. The van der Waals surface area contributed by atoms with Crippen LogP contribution in [0, 0.1) is 0 Å². The molecule has 2 amide bonds. The molecule has 0 atom stereocenters. The summed E-state index contributed by atoms with van der Waals surface area (Å²) in [6.07, 6.45) is 0.260. The SMILES string of the molecule is O=C(C=CC(=O)N1CCCc2ccccc21)NCCc1ccc(C(F)(F)F)cc1. The predicted octanol–water partition coefficient (Wildman–Crippen LogP) is 3.90. The van der Waals surface area contributed by atoms with Crippen LogP contribution >= 0.6 is 0 Å². The van der Waals surface area contributed by atoms with Crippen LogP contribution in [0.2, 0.25) is 0 Å². The van der Waals surface area contributed by atoms with E-state index in [1.54, 1.807) is 4.90 Å². The van der Waals surface area contributed by atoms with Gasteiger partial charge in [0.15, 0.2) is 0 Å². The highest BCUT2D eigenvalue weighted by atomic mass is 19.4. The molecule has 0 saturated heterocycles. The molecule has 7 heteroatoms. The molecule has 2 aromatic carbocycles. The van der Waals surface area contributed by atoms with Gasteiger partial charge in [-0.05, 0) is 48.6 Å². The molecule has 0 radical (unpaired) electrons. The van der Waals surface area contributed by atoms with Gasteiger partial charge in [0.1, 0.15) is 0 Å². The van der Waals surface area contributed by atoms with Gasteiger partial charge in [-0.2, -0.15) is 13.2 Å². The molecule has 1 aliphatic rings. The molecule has 2 aromatic rings. The van der Waals surface area contributed by atoms with Gasteiger partial charge in [0.2, 0.25) is 5.91 Å². The molecule has 0 unspecified atom stereocenters. The molecule has 3 rings (SSSR count). The summed E-state index contributed by atoms with van der Waals surface area (Å²) in [5.74, 6) is -0.675. The number of aryl methyl sites for hydroxylation is 1. The Bertz CT molecular complexity index is 905. The topological polar surface area (TPSA) is 49.4 Å². The minimum Gasteiger partial charge on any atom is -0.352 e. The zero-order valence-corrected chi connectivity index (χ0v) is 15.7. The van der Waals surface area contributed by atoms with Crippen molar-refractivity contribution in [1.29, 1.82) is 0 Å². The minimum atomic E-state index is -4.36. The van der Waals surface area contributed by atoms with E-state index >= 15 is 0 Å². The van der Waals surface area contributed by atoms with Gasteiger partial charge in [0.25, 0.3) is 5.91 Å². The first-order chi connectivity index (χ1) is 13.8. The lowest BCUT2D eigenvalue weighted by Crippen LogP contribution is -2.34. The van der Waals surface area contributed by atoms with Crippen LogP contribution in [0.25, 0.3) is 0 Å². The number of rotatable bonds is 5. The van der Waals surface area contributed by atoms with E-state index in [9.17, 15) is 22.8 Å². The van der Waals surface area contributed by atoms with Gasteiger partial charge in [-0.25, -0.2) is 0 Å². The third-order valence-electron chi connectivity index (χ3n) is 4.75. The largest absolute Gasteiger partial charge is 0.416 e. The van der Waals surface area contributed by atoms with Gasteiger partial charge in [-0.3, -0.25) is 9.59 Å². The van der Waals surface area contributed by atoms with Crippen molar-refractivity contribution in [2.45, 2.75) is 25.4 Å². The number of nitrogens with one attached hydrogen (secondary N) is 1. The minimum absolute atomic E-state index is 0.255. The lowest BCUT2D eigenvalue weighted by Gasteiger charge is -2.28. The molecule has 29 heavy (non-hydrogen) atoms. The van der Waals surface area contributed by atoms with Crippen molar-refractivity contribution in [2.75, 3.05) is 18.0 Å². The fourth-order valence-corrected chi connectivity index (χ4v) is 3.25. The highest BCUT2D eigenvalue weighted by Gasteiger charge is 2.29. The van der Waals surface area contributed by atoms with Crippen LogP contribution in [0.15, 0.2) is 60.7 Å². The van der Waals surface area contributed by atoms with Crippen LogP contribution in [0.3, 0.4) is 0 Å². The molecule has 1 N–H and O–H groups in total. The summed E-state index contributed by atoms with van der Waals surface area (Å²) in [6.45, 7) is 0.866. The summed E-state index contributed by atoms with van der Waals surface area (Å²) in [4.78, 5) is 26.0. The van der Waals surface area contributed by atoms with Crippen LogP contribution in [-0.2, 0) is 28.6 Å². The zero-order valence-electron chi connectivity index (χ0n) is 15.7. The highest BCUT2D eigenvalue weighted by molar-refractivity contribution is 6.05. The maximum atomic E-state index is 12.5. The van der Waals surface area contributed by atoms with E-state index in [1.807, 2.05) is 24.3 Å². The Labute approximate surface area is 167 Å². The van der Waals surface area contributed by atoms with Crippen molar-refractivity contribution in [1.82, 2.24) is 5.32 Å². The zero-order chi connectivity index (χ0) is 20.9. The van der Waals surface area contributed by atoms with E-state index in [-0.39, 0.29) is 12.5 Å². The Balaban J connectivity index is 1.48. The van der Waals surface area contributed by atoms with Gasteiger partial charge >= 0.3 is 6.18 Å². The van der Waals surface area contributed by atoms with E-state index in [0.29, 0.717) is 18.5 Å². The smallest absolute Gasteiger partial charge is 0.352 e. The second-order valence-electron chi connectivity index (χ2n) is 6.79. The number of carbonyl (C=O) groups excluding carboxylic acids is 2. The van der Waals surface area contributed by atoms with Gasteiger partial charge < -0.3 is 10.2 Å². The molecule has 1 aliphatic heterocycles. The summed E-state index contributed by atoms with van der Waals surface area (Å²) >= 11 is 0. The Morgan fingerprint density at radius 3 is 2.48 bits per heavy atom. The van der Waals surface area contributed by atoms with Crippen molar-refractivity contribution >= 4 is 17.5 Å². The maximum absolute atomic E-state index is 12.5. The Morgan fingerprint density at radius 2 is 1.76 bits per heavy atom. The fraction of sp³-hybridized carbons (Fsp3) is 0.273. The van der Waals surface area contributed by atoms with Crippen molar-refractivity contribution in [3.8, 4) is 0 Å². The summed E-state index contributed by atoms with van der Waals surface area (Å²) in [5.41, 5.74) is 1.96. The van der Waals surface area contributed by atoms with E-state index in [4.69, 9.17) is 0 Å². The normalized spacial score (nSPS) is 14.0. The fourth-order valence-electron chi connectivity index (χ4n) is 3.25. The number of amides is 2. The van der Waals surface area contributed by atoms with Crippen LogP contribution in [0.1, 0.15) is 23.1 Å². The quantitative estimate of drug-likeness (QED) is 0.772. The van der Waals surface area contributed by atoms with Crippen molar-refractivity contribution in [3.05, 3.63) is 77.4 Å². The standard InChI is InChI=1S/C22H21F3N2O2/c23-22(24,25)18-9-7-16(8-10-18)13-14-26-20(28)11-12-21(29)27-15-3-5-17-4-1-2-6-19(17)27/h1-2,4,6-12H,3,5,13-15H2,(H,26,28). The van der Waals surface area contributed by atoms with Gasteiger partial charge in [0, 0.05) is 30.9 Å². The Kier molecular flexibility index (Phi) is 6.36. The van der Waals surface area contributed by atoms with Crippen molar-refractivity contribution < 1.29 is 22.8 Å². The average Bonchev–Trinajstić information content (AvgIpc) is 2.71. The molecule has 0 aromatic heterocycles. The predicted molar refractivity (Wildman–Crippen MR) is 104 cm³/mol. The van der Waals surface area contributed by atoms with Crippen molar-refractivity contribution in [2.24, 2.45) is 0 Å². The molecule has 0 spiro atoms. The Hall–Kier alpha value is -3.09. The van der Waals surface area contributed by atoms with E-state index in [0.717, 1.165) is 36.2 Å². The number of para-hydroxylation sites is 1. The number of fused-ring (bicyclic) bond motifs is 1. The molecule has 152 valence electrons. The number of alkyl halides is 3. The summed E-state index contributed by atoms with van der Waals surface area (Å²) in [7, 11) is 0. The number of hydrogen-bond donors (Lipinski definition) is 1. The second-order valence-corrected chi connectivity index (χ2v) is 6.79. The molecule has 1 heterocycles. The number of benzene rings is 2. The first kappa shape index (κ1) is 20.6. The van der Waals surface area contributed by atoms with Crippen LogP contribution in [0.4, 0.5) is 18.9 Å². The molecule has 4 nitrogen and oxygen atoms in total. The molecular formula is C22H21F3N2O2. The highest BCUT2D eigenvalue weighted by Crippen LogP contribution is 2.29. The van der Waals surface area contributed by atoms with Gasteiger partial charge in [-0.1, -0.05) is 30.3 Å². The monoisotopic (exact) mass is 402 g/mol. The number of hydrogen-bond acceptors (Lipinski definition) is 2. The Morgan fingerprint density at radius 1 is 1.03 bits per heavy atom. The molecule has 0 bridgehead atoms.